The molecule has 2 fully saturated rings. The monoisotopic (exact) mass is 353 g/mol. The Hall–Kier alpha value is -2.51. The van der Waals surface area contributed by atoms with Gasteiger partial charge in [-0.2, -0.15) is 0 Å². The number of nitrogens with zero attached hydrogens (tertiary/aromatic N) is 3. The van der Waals surface area contributed by atoms with Crippen LogP contribution < -0.4 is 10.6 Å². The first kappa shape index (κ1) is 16.9. The Morgan fingerprint density at radius 1 is 1.27 bits per heavy atom. The first-order chi connectivity index (χ1) is 12.6. The summed E-state index contributed by atoms with van der Waals surface area (Å²) >= 11 is 0. The number of hydrogen-bond donors (Lipinski definition) is 2. The highest BCUT2D eigenvalue weighted by molar-refractivity contribution is 5.92. The van der Waals surface area contributed by atoms with Crippen LogP contribution in [0.3, 0.4) is 0 Å². The van der Waals surface area contributed by atoms with Gasteiger partial charge in [-0.25, -0.2) is 0 Å². The Kier molecular flexibility index (Phi) is 4.57. The van der Waals surface area contributed by atoms with Gasteiger partial charge in [-0.15, -0.1) is 0 Å². The van der Waals surface area contributed by atoms with Gasteiger partial charge < -0.3 is 10.6 Å². The van der Waals surface area contributed by atoms with Gasteiger partial charge in [0.2, 0.25) is 11.8 Å². The number of nitrogens with one attached hydrogen (secondary N) is 2. The van der Waals surface area contributed by atoms with Crippen molar-refractivity contribution < 1.29 is 9.59 Å². The zero-order chi connectivity index (χ0) is 18.1. The Morgan fingerprint density at radius 2 is 2.15 bits per heavy atom. The molecule has 2 aliphatic heterocycles. The van der Waals surface area contributed by atoms with Crippen LogP contribution >= 0.6 is 0 Å². The van der Waals surface area contributed by atoms with E-state index in [0.29, 0.717) is 0 Å². The highest BCUT2D eigenvalue weighted by atomic mass is 16.2. The van der Waals surface area contributed by atoms with E-state index >= 15 is 0 Å². The smallest absolute Gasteiger partial charge is 0.238 e. The third kappa shape index (κ3) is 3.54. The number of carbonyl (C=O) groups excluding carboxylic acids is 2. The number of carbonyl (C=O) groups is 2. The molecule has 2 aliphatic rings. The molecule has 4 rings (SSSR count). The zero-order valence-corrected chi connectivity index (χ0v) is 14.9. The fourth-order valence-corrected chi connectivity index (χ4v) is 3.74. The van der Waals surface area contributed by atoms with Crippen molar-refractivity contribution in [3.63, 3.8) is 0 Å². The highest BCUT2D eigenvalue weighted by Gasteiger charge is 2.34. The molecule has 7 heteroatoms. The van der Waals surface area contributed by atoms with Gasteiger partial charge >= 0.3 is 0 Å². The van der Waals surface area contributed by atoms with Crippen molar-refractivity contribution in [1.82, 2.24) is 20.1 Å². The minimum absolute atomic E-state index is 0.0434. The van der Waals surface area contributed by atoms with Crippen molar-refractivity contribution in [1.29, 1.82) is 0 Å². The van der Waals surface area contributed by atoms with Crippen LogP contribution in [0.2, 0.25) is 0 Å². The summed E-state index contributed by atoms with van der Waals surface area (Å²) < 4.78 is 0. The van der Waals surface area contributed by atoms with Gasteiger partial charge in [0, 0.05) is 57.3 Å². The van der Waals surface area contributed by atoms with Gasteiger partial charge in [0.1, 0.15) is 6.04 Å². The molecule has 0 radical (unpaired) electrons. The number of piperazine rings is 2. The van der Waals surface area contributed by atoms with Crippen molar-refractivity contribution >= 4 is 28.4 Å². The Morgan fingerprint density at radius 3 is 3.00 bits per heavy atom. The number of aromatic nitrogens is 1. The van der Waals surface area contributed by atoms with Crippen LogP contribution in [-0.4, -0.2) is 65.4 Å². The molecule has 0 unspecified atom stereocenters. The number of anilines is 1. The normalized spacial score (nSPS) is 21.3. The van der Waals surface area contributed by atoms with Gasteiger partial charge in [0.25, 0.3) is 0 Å². The molecule has 2 N–H and O–H groups in total. The summed E-state index contributed by atoms with van der Waals surface area (Å²) in [4.78, 5) is 32.6. The topological polar surface area (TPSA) is 77.6 Å². The second kappa shape index (κ2) is 7.01. The Bertz CT molecular complexity index is 853. The molecule has 1 aromatic heterocycles. The Balaban J connectivity index is 1.47. The minimum Gasteiger partial charge on any atom is -0.353 e. The van der Waals surface area contributed by atoms with E-state index in [0.717, 1.165) is 61.6 Å². The summed E-state index contributed by atoms with van der Waals surface area (Å²) in [7, 11) is 0. The van der Waals surface area contributed by atoms with Crippen molar-refractivity contribution in [2.75, 3.05) is 38.0 Å². The van der Waals surface area contributed by atoms with Crippen LogP contribution in [0.5, 0.6) is 0 Å². The number of amides is 2. The van der Waals surface area contributed by atoms with Crippen LogP contribution in [0.25, 0.3) is 10.9 Å². The molecule has 0 saturated carbocycles. The largest absolute Gasteiger partial charge is 0.353 e. The minimum atomic E-state index is -0.0835. The predicted molar refractivity (Wildman–Crippen MR) is 99.7 cm³/mol. The molecule has 2 amide bonds. The molecular weight excluding hydrogens is 330 g/mol. The molecule has 136 valence electrons. The summed E-state index contributed by atoms with van der Waals surface area (Å²) in [5.41, 5.74) is 2.68. The molecular formula is C19H23N5O2. The van der Waals surface area contributed by atoms with Crippen LogP contribution in [0.1, 0.15) is 12.6 Å². The molecule has 1 aromatic carbocycles. The van der Waals surface area contributed by atoms with Crippen LogP contribution in [0.15, 0.2) is 30.3 Å². The van der Waals surface area contributed by atoms with E-state index < -0.39 is 0 Å². The van der Waals surface area contributed by atoms with Gasteiger partial charge in [0.15, 0.2) is 0 Å². The number of rotatable bonds is 3. The lowest BCUT2D eigenvalue weighted by Gasteiger charge is -2.42. The van der Waals surface area contributed by atoms with Crippen molar-refractivity contribution in [2.24, 2.45) is 0 Å². The van der Waals surface area contributed by atoms with E-state index in [1.165, 1.54) is 6.92 Å². The van der Waals surface area contributed by atoms with Crippen LogP contribution in [-0.2, 0) is 16.1 Å². The summed E-state index contributed by atoms with van der Waals surface area (Å²) in [6, 6.07) is 9.74. The quantitative estimate of drug-likeness (QED) is 0.854. The molecule has 3 heterocycles. The van der Waals surface area contributed by atoms with Gasteiger partial charge in [-0.1, -0.05) is 6.07 Å². The molecule has 0 aliphatic carbocycles. The maximum atomic E-state index is 12.1. The zero-order valence-electron chi connectivity index (χ0n) is 14.9. The number of fused-ring (bicyclic) bond motifs is 2. The van der Waals surface area contributed by atoms with E-state index in [9.17, 15) is 9.59 Å². The highest BCUT2D eigenvalue weighted by Crippen LogP contribution is 2.20. The van der Waals surface area contributed by atoms with E-state index in [1.54, 1.807) is 0 Å². The summed E-state index contributed by atoms with van der Waals surface area (Å²) in [5.74, 6) is 0.0535. The van der Waals surface area contributed by atoms with Crippen molar-refractivity contribution in [3.05, 3.63) is 36.0 Å². The maximum absolute atomic E-state index is 12.1. The van der Waals surface area contributed by atoms with Gasteiger partial charge in [-0.05, 0) is 24.3 Å². The first-order valence-corrected chi connectivity index (χ1v) is 9.00. The third-order valence-electron chi connectivity index (χ3n) is 5.03. The second-order valence-corrected chi connectivity index (χ2v) is 6.97. The molecule has 2 aromatic rings. The number of pyridine rings is 1. The van der Waals surface area contributed by atoms with E-state index in [2.05, 4.69) is 20.4 Å². The summed E-state index contributed by atoms with van der Waals surface area (Å²) in [5, 5.41) is 6.74. The average Bonchev–Trinajstić information content (AvgIpc) is 2.62. The molecule has 1 atom stereocenters. The molecule has 2 saturated heterocycles. The standard InChI is InChI=1S/C19H23N5O2/c1-13(25)21-15-4-5-17-14(10-15)2-3-16(22-17)11-23-8-9-24-7-6-20-19(26)18(24)12-23/h2-5,10,18H,6-9,11-12H2,1H3,(H,20,26)(H,21,25)/t18-/m0/s1. The molecule has 0 spiro atoms. The lowest BCUT2D eigenvalue weighted by atomic mass is 10.1. The lowest BCUT2D eigenvalue weighted by molar-refractivity contribution is -0.132. The van der Waals surface area contributed by atoms with E-state index in [1.807, 2.05) is 30.3 Å². The van der Waals surface area contributed by atoms with Gasteiger partial charge in [0.05, 0.1) is 11.2 Å². The summed E-state index contributed by atoms with van der Waals surface area (Å²) in [6.07, 6.45) is 0. The maximum Gasteiger partial charge on any atom is 0.238 e. The Labute approximate surface area is 152 Å². The fourth-order valence-electron chi connectivity index (χ4n) is 3.74. The van der Waals surface area contributed by atoms with E-state index in [-0.39, 0.29) is 17.9 Å². The number of hydrogen-bond acceptors (Lipinski definition) is 5. The second-order valence-electron chi connectivity index (χ2n) is 6.97. The van der Waals surface area contributed by atoms with Crippen LogP contribution in [0.4, 0.5) is 5.69 Å². The SMILES string of the molecule is CC(=O)Nc1ccc2nc(CN3CCN4CCNC(=O)[C@@H]4C3)ccc2c1. The average molecular weight is 353 g/mol. The third-order valence-corrected chi connectivity index (χ3v) is 5.03. The fraction of sp³-hybridized carbons (Fsp3) is 0.421. The summed E-state index contributed by atoms with van der Waals surface area (Å²) in [6.45, 7) is 6.54. The molecule has 7 nitrogen and oxygen atoms in total. The van der Waals surface area contributed by atoms with Gasteiger partial charge in [-0.3, -0.25) is 24.4 Å². The predicted octanol–water partition coefficient (Wildman–Crippen LogP) is 0.809. The first-order valence-electron chi connectivity index (χ1n) is 9.00. The van der Waals surface area contributed by atoms with E-state index in [4.69, 9.17) is 4.98 Å². The number of benzene rings is 1. The molecule has 26 heavy (non-hydrogen) atoms. The van der Waals surface area contributed by atoms with Crippen LogP contribution in [0, 0.1) is 0 Å². The molecule has 0 bridgehead atoms. The lowest BCUT2D eigenvalue weighted by Crippen LogP contribution is -2.63. The van der Waals surface area contributed by atoms with Crippen molar-refractivity contribution in [3.8, 4) is 0 Å². The van der Waals surface area contributed by atoms with Crippen molar-refractivity contribution in [2.45, 2.75) is 19.5 Å².